The van der Waals surface area contributed by atoms with Crippen LogP contribution in [0.25, 0.3) is 0 Å². The minimum absolute atomic E-state index is 0.0240. The molecule has 2 atom stereocenters. The van der Waals surface area contributed by atoms with Crippen LogP contribution in [0.4, 0.5) is 5.69 Å². The first-order chi connectivity index (χ1) is 15.2. The molecule has 0 bridgehead atoms. The molecule has 2 unspecified atom stereocenters. The second kappa shape index (κ2) is 8.50. The first kappa shape index (κ1) is 22.2. The van der Waals surface area contributed by atoms with Crippen LogP contribution in [0.1, 0.15) is 57.9 Å². The standard InChI is InChI=1S/C24H28N2O6/c1-14-20(23(28)32-13-17-5-4-10-31-17)21(15-6-8-16(9-7-15)26(29)30)22-18(25-14)11-24(2,3)12-19(22)27/h6-9,17,21,25H,4-5,10-13H2,1-3H3. The summed E-state index contributed by atoms with van der Waals surface area (Å²) in [5.41, 5.74) is 2.77. The van der Waals surface area contributed by atoms with E-state index >= 15 is 0 Å². The number of nitrogens with zero attached hydrogens (tertiary/aromatic N) is 1. The number of rotatable bonds is 5. The molecule has 0 aromatic heterocycles. The summed E-state index contributed by atoms with van der Waals surface area (Å²) in [7, 11) is 0. The van der Waals surface area contributed by atoms with Gasteiger partial charge in [0.25, 0.3) is 5.69 Å². The predicted molar refractivity (Wildman–Crippen MR) is 117 cm³/mol. The van der Waals surface area contributed by atoms with Crippen molar-refractivity contribution in [1.82, 2.24) is 5.32 Å². The summed E-state index contributed by atoms with van der Waals surface area (Å²) in [4.78, 5) is 37.1. The molecule has 2 heterocycles. The van der Waals surface area contributed by atoms with Gasteiger partial charge in [0.15, 0.2) is 5.78 Å². The van der Waals surface area contributed by atoms with Crippen molar-refractivity contribution in [2.75, 3.05) is 13.2 Å². The smallest absolute Gasteiger partial charge is 0.336 e. The molecule has 8 nitrogen and oxygen atoms in total. The van der Waals surface area contributed by atoms with Gasteiger partial charge in [0, 0.05) is 48.0 Å². The van der Waals surface area contributed by atoms with E-state index < -0.39 is 16.8 Å². The van der Waals surface area contributed by atoms with Gasteiger partial charge in [-0.3, -0.25) is 14.9 Å². The van der Waals surface area contributed by atoms with Gasteiger partial charge in [-0.2, -0.15) is 0 Å². The molecule has 170 valence electrons. The van der Waals surface area contributed by atoms with Gasteiger partial charge in [0.05, 0.1) is 16.6 Å². The van der Waals surface area contributed by atoms with Crippen LogP contribution in [-0.2, 0) is 19.1 Å². The summed E-state index contributed by atoms with van der Waals surface area (Å²) >= 11 is 0. The number of hydrogen-bond donors (Lipinski definition) is 1. The van der Waals surface area contributed by atoms with Crippen molar-refractivity contribution in [3.8, 4) is 0 Å². The lowest BCUT2D eigenvalue weighted by Gasteiger charge is -2.39. The van der Waals surface area contributed by atoms with Crippen LogP contribution < -0.4 is 5.32 Å². The van der Waals surface area contributed by atoms with Crippen LogP contribution in [0.5, 0.6) is 0 Å². The van der Waals surface area contributed by atoms with Crippen LogP contribution in [-0.4, -0.2) is 36.0 Å². The fourth-order valence-electron chi connectivity index (χ4n) is 4.85. The summed E-state index contributed by atoms with van der Waals surface area (Å²) in [6.45, 7) is 6.72. The van der Waals surface area contributed by atoms with E-state index in [0.29, 0.717) is 41.9 Å². The molecule has 2 aliphatic heterocycles. The molecule has 0 spiro atoms. The molecule has 1 aromatic rings. The largest absolute Gasteiger partial charge is 0.459 e. The molecule has 0 radical (unpaired) electrons. The Bertz CT molecular complexity index is 1020. The quantitative estimate of drug-likeness (QED) is 0.420. The van der Waals surface area contributed by atoms with Gasteiger partial charge >= 0.3 is 5.97 Å². The van der Waals surface area contributed by atoms with Crippen LogP contribution >= 0.6 is 0 Å². The van der Waals surface area contributed by atoms with E-state index in [1.54, 1.807) is 19.1 Å². The zero-order valence-corrected chi connectivity index (χ0v) is 18.6. The number of hydrogen-bond acceptors (Lipinski definition) is 7. The van der Waals surface area contributed by atoms with E-state index in [0.717, 1.165) is 18.5 Å². The predicted octanol–water partition coefficient (Wildman–Crippen LogP) is 3.92. The molecule has 4 rings (SSSR count). The molecule has 32 heavy (non-hydrogen) atoms. The average Bonchev–Trinajstić information content (AvgIpc) is 3.24. The maximum absolute atomic E-state index is 13.2. The number of ketones is 1. The number of nitrogens with one attached hydrogen (secondary N) is 1. The van der Waals surface area contributed by atoms with E-state index in [4.69, 9.17) is 9.47 Å². The van der Waals surface area contributed by atoms with Gasteiger partial charge in [-0.1, -0.05) is 26.0 Å². The second-order valence-electron chi connectivity index (χ2n) is 9.51. The molecule has 0 amide bonds. The van der Waals surface area contributed by atoms with Crippen LogP contribution in [0.15, 0.2) is 46.8 Å². The zero-order chi connectivity index (χ0) is 23.0. The number of non-ortho nitro benzene ring substituents is 1. The number of nitro groups is 1. The minimum Gasteiger partial charge on any atom is -0.459 e. The Morgan fingerprint density at radius 2 is 2.00 bits per heavy atom. The van der Waals surface area contributed by atoms with Crippen molar-refractivity contribution in [3.05, 3.63) is 62.5 Å². The summed E-state index contributed by atoms with van der Waals surface area (Å²) in [5, 5.41) is 14.4. The highest BCUT2D eigenvalue weighted by molar-refractivity contribution is 6.04. The maximum Gasteiger partial charge on any atom is 0.336 e. The number of benzene rings is 1. The molecule has 1 N–H and O–H groups in total. The monoisotopic (exact) mass is 440 g/mol. The van der Waals surface area contributed by atoms with Crippen LogP contribution in [0.2, 0.25) is 0 Å². The molecule has 8 heteroatoms. The number of allylic oxidation sites excluding steroid dienone is 3. The van der Waals surface area contributed by atoms with Gasteiger partial charge in [-0.25, -0.2) is 4.79 Å². The van der Waals surface area contributed by atoms with Gasteiger partial charge < -0.3 is 14.8 Å². The minimum atomic E-state index is -0.632. The number of nitro benzene ring substituents is 1. The highest BCUT2D eigenvalue weighted by atomic mass is 16.6. The Morgan fingerprint density at radius 1 is 1.28 bits per heavy atom. The van der Waals surface area contributed by atoms with Gasteiger partial charge in [-0.15, -0.1) is 0 Å². The first-order valence-corrected chi connectivity index (χ1v) is 10.9. The Kier molecular flexibility index (Phi) is 5.90. The summed E-state index contributed by atoms with van der Waals surface area (Å²) in [5.74, 6) is -1.16. The third kappa shape index (κ3) is 4.32. The lowest BCUT2D eigenvalue weighted by molar-refractivity contribution is -0.384. The molecular formula is C24H28N2O6. The molecule has 1 aromatic carbocycles. The van der Waals surface area contributed by atoms with Crippen LogP contribution in [0, 0.1) is 15.5 Å². The highest BCUT2D eigenvalue weighted by Gasteiger charge is 2.43. The molecule has 1 saturated heterocycles. The van der Waals surface area contributed by atoms with E-state index in [-0.39, 0.29) is 29.6 Å². The van der Waals surface area contributed by atoms with E-state index in [9.17, 15) is 19.7 Å². The van der Waals surface area contributed by atoms with Crippen molar-refractivity contribution in [1.29, 1.82) is 0 Å². The van der Waals surface area contributed by atoms with Crippen molar-refractivity contribution in [2.24, 2.45) is 5.41 Å². The molecule has 1 aliphatic carbocycles. The van der Waals surface area contributed by atoms with Crippen molar-refractivity contribution in [3.63, 3.8) is 0 Å². The maximum atomic E-state index is 13.2. The topological polar surface area (TPSA) is 108 Å². The van der Waals surface area contributed by atoms with Gasteiger partial charge in [-0.05, 0) is 37.2 Å². The third-order valence-corrected chi connectivity index (χ3v) is 6.32. The number of dihydropyridines is 1. The number of ether oxygens (including phenoxy) is 2. The lowest BCUT2D eigenvalue weighted by atomic mass is 9.68. The number of carbonyl (C=O) groups excluding carboxylic acids is 2. The number of Topliss-reactive ketones (excluding diaryl/α,β-unsaturated/α-hetero) is 1. The third-order valence-electron chi connectivity index (χ3n) is 6.32. The van der Waals surface area contributed by atoms with Crippen LogP contribution in [0.3, 0.4) is 0 Å². The zero-order valence-electron chi connectivity index (χ0n) is 18.6. The number of esters is 1. The second-order valence-corrected chi connectivity index (χ2v) is 9.51. The Labute approximate surface area is 186 Å². The van der Waals surface area contributed by atoms with Crippen molar-refractivity contribution < 1.29 is 24.0 Å². The van der Waals surface area contributed by atoms with E-state index in [2.05, 4.69) is 5.32 Å². The molecule has 1 fully saturated rings. The summed E-state index contributed by atoms with van der Waals surface area (Å²) in [6, 6.07) is 6.04. The number of carbonyl (C=O) groups is 2. The summed E-state index contributed by atoms with van der Waals surface area (Å²) < 4.78 is 11.2. The first-order valence-electron chi connectivity index (χ1n) is 10.9. The fourth-order valence-corrected chi connectivity index (χ4v) is 4.85. The van der Waals surface area contributed by atoms with Gasteiger partial charge in [0.2, 0.25) is 0 Å². The normalized spacial score (nSPS) is 24.8. The van der Waals surface area contributed by atoms with E-state index in [1.807, 2.05) is 13.8 Å². The molecule has 0 saturated carbocycles. The SMILES string of the molecule is CC1=C(C(=O)OCC2CCCO2)C(c2ccc([N+](=O)[O-])cc2)C2=C(CC(C)(C)CC2=O)N1. The van der Waals surface area contributed by atoms with Gasteiger partial charge in [0.1, 0.15) is 6.61 Å². The van der Waals surface area contributed by atoms with E-state index in [1.165, 1.54) is 12.1 Å². The average molecular weight is 440 g/mol. The Hall–Kier alpha value is -3.00. The fraction of sp³-hybridized carbons (Fsp3) is 0.500. The Balaban J connectivity index is 1.72. The van der Waals surface area contributed by atoms with Crippen molar-refractivity contribution >= 4 is 17.4 Å². The highest BCUT2D eigenvalue weighted by Crippen LogP contribution is 2.47. The molecule has 3 aliphatic rings. The summed E-state index contributed by atoms with van der Waals surface area (Å²) in [6.07, 6.45) is 2.72. The Morgan fingerprint density at radius 3 is 2.62 bits per heavy atom. The molecular weight excluding hydrogens is 412 g/mol. The lowest BCUT2D eigenvalue weighted by Crippen LogP contribution is -2.39. The van der Waals surface area contributed by atoms with Crippen molar-refractivity contribution in [2.45, 2.75) is 58.5 Å².